The van der Waals surface area contributed by atoms with Crippen molar-refractivity contribution in [3.05, 3.63) is 28.8 Å². The SMILES string of the molecule is NC(=S)c1ccc(Cl)c(N2CCS(=O)(=O)CC2)c1. The summed E-state index contributed by atoms with van der Waals surface area (Å²) >= 11 is 11.1. The van der Waals surface area contributed by atoms with E-state index in [1.165, 1.54) is 0 Å². The van der Waals surface area contributed by atoms with E-state index in [2.05, 4.69) is 0 Å². The highest BCUT2D eigenvalue weighted by Gasteiger charge is 2.23. The first-order chi connectivity index (χ1) is 8.39. The molecule has 7 heteroatoms. The molecule has 0 unspecified atom stereocenters. The Balaban J connectivity index is 2.28. The maximum absolute atomic E-state index is 11.4. The summed E-state index contributed by atoms with van der Waals surface area (Å²) in [6.07, 6.45) is 0. The highest BCUT2D eigenvalue weighted by Crippen LogP contribution is 2.28. The van der Waals surface area contributed by atoms with Crippen LogP contribution < -0.4 is 10.6 Å². The summed E-state index contributed by atoms with van der Waals surface area (Å²) in [6.45, 7) is 0.895. The lowest BCUT2D eigenvalue weighted by molar-refractivity contribution is 0.587. The molecule has 0 aliphatic carbocycles. The van der Waals surface area contributed by atoms with Gasteiger partial charge in [-0.05, 0) is 12.1 Å². The molecule has 2 N–H and O–H groups in total. The number of rotatable bonds is 2. The second-order valence-electron chi connectivity index (χ2n) is 4.17. The molecule has 1 aromatic carbocycles. The number of thiocarbonyl (C=S) groups is 1. The van der Waals surface area contributed by atoms with Crippen molar-refractivity contribution in [2.75, 3.05) is 29.5 Å². The van der Waals surface area contributed by atoms with Gasteiger partial charge in [-0.15, -0.1) is 0 Å². The van der Waals surface area contributed by atoms with Crippen LogP contribution >= 0.6 is 23.8 Å². The highest BCUT2D eigenvalue weighted by atomic mass is 35.5. The minimum atomic E-state index is -2.90. The predicted molar refractivity (Wildman–Crippen MR) is 78.2 cm³/mol. The largest absolute Gasteiger partial charge is 0.389 e. The minimum absolute atomic E-state index is 0.153. The van der Waals surface area contributed by atoms with E-state index < -0.39 is 9.84 Å². The lowest BCUT2D eigenvalue weighted by Gasteiger charge is -2.29. The fraction of sp³-hybridized carbons (Fsp3) is 0.364. The molecule has 1 saturated heterocycles. The van der Waals surface area contributed by atoms with Crippen LogP contribution in [0, 0.1) is 0 Å². The number of hydrogen-bond acceptors (Lipinski definition) is 4. The van der Waals surface area contributed by atoms with Crippen LogP contribution in [0.25, 0.3) is 0 Å². The summed E-state index contributed by atoms with van der Waals surface area (Å²) in [4.78, 5) is 2.25. The van der Waals surface area contributed by atoms with Gasteiger partial charge in [-0.2, -0.15) is 0 Å². The number of anilines is 1. The summed E-state index contributed by atoms with van der Waals surface area (Å²) in [7, 11) is -2.90. The Morgan fingerprint density at radius 2 is 1.94 bits per heavy atom. The predicted octanol–water partition coefficient (Wildman–Crippen LogP) is 1.21. The third-order valence-corrected chi connectivity index (χ3v) is 5.08. The lowest BCUT2D eigenvalue weighted by Crippen LogP contribution is -2.40. The monoisotopic (exact) mass is 304 g/mol. The third-order valence-electron chi connectivity index (χ3n) is 2.92. The van der Waals surface area contributed by atoms with E-state index in [0.717, 1.165) is 11.3 Å². The highest BCUT2D eigenvalue weighted by molar-refractivity contribution is 7.91. The van der Waals surface area contributed by atoms with Gasteiger partial charge < -0.3 is 10.6 Å². The third kappa shape index (κ3) is 2.93. The fourth-order valence-corrected chi connectivity index (χ4v) is 3.43. The Morgan fingerprint density at radius 3 is 2.50 bits per heavy atom. The van der Waals surface area contributed by atoms with Gasteiger partial charge in [0.25, 0.3) is 0 Å². The zero-order valence-electron chi connectivity index (χ0n) is 9.60. The topological polar surface area (TPSA) is 63.4 Å². The number of hydrogen-bond donors (Lipinski definition) is 1. The van der Waals surface area contributed by atoms with Gasteiger partial charge in [-0.25, -0.2) is 8.42 Å². The summed E-state index contributed by atoms with van der Waals surface area (Å²) < 4.78 is 22.8. The van der Waals surface area contributed by atoms with Gasteiger partial charge in [0.1, 0.15) is 4.99 Å². The molecule has 1 heterocycles. The number of nitrogens with two attached hydrogens (primary N) is 1. The van der Waals surface area contributed by atoms with Crippen LogP contribution in [0.1, 0.15) is 5.56 Å². The molecule has 4 nitrogen and oxygen atoms in total. The molecule has 2 rings (SSSR count). The van der Waals surface area contributed by atoms with Crippen molar-refractivity contribution in [1.82, 2.24) is 0 Å². The van der Waals surface area contributed by atoms with Crippen molar-refractivity contribution in [2.24, 2.45) is 5.73 Å². The Hall–Kier alpha value is -0.850. The summed E-state index contributed by atoms with van der Waals surface area (Å²) in [5.74, 6) is 0.307. The van der Waals surface area contributed by atoms with Crippen LogP contribution in [0.2, 0.25) is 5.02 Å². The van der Waals surface area contributed by atoms with Crippen LogP contribution in [0.5, 0.6) is 0 Å². The average molecular weight is 305 g/mol. The molecule has 1 aromatic rings. The summed E-state index contributed by atoms with van der Waals surface area (Å²) in [5, 5.41) is 0.578. The molecule has 18 heavy (non-hydrogen) atoms. The molecule has 1 aliphatic heterocycles. The first kappa shape index (κ1) is 13.6. The molecular formula is C11H13ClN2O2S2. The van der Waals surface area contributed by atoms with Gasteiger partial charge in [-0.3, -0.25) is 0 Å². The van der Waals surface area contributed by atoms with E-state index in [1.807, 2.05) is 11.0 Å². The van der Waals surface area contributed by atoms with Crippen molar-refractivity contribution in [3.63, 3.8) is 0 Å². The van der Waals surface area contributed by atoms with E-state index in [1.54, 1.807) is 12.1 Å². The van der Waals surface area contributed by atoms with Gasteiger partial charge >= 0.3 is 0 Å². The van der Waals surface area contributed by atoms with E-state index in [9.17, 15) is 8.42 Å². The molecule has 0 spiro atoms. The summed E-state index contributed by atoms with van der Waals surface area (Å²) in [5.41, 5.74) is 7.10. The standard InChI is InChI=1S/C11H13ClN2O2S2/c12-9-2-1-8(11(13)17)7-10(9)14-3-5-18(15,16)6-4-14/h1-2,7H,3-6H2,(H2,13,17). The van der Waals surface area contributed by atoms with Crippen LogP contribution in [0.4, 0.5) is 5.69 Å². The molecule has 0 atom stereocenters. The van der Waals surface area contributed by atoms with Crippen molar-refractivity contribution in [3.8, 4) is 0 Å². The number of nitrogens with zero attached hydrogens (tertiary/aromatic N) is 1. The Morgan fingerprint density at radius 1 is 1.33 bits per heavy atom. The maximum atomic E-state index is 11.4. The molecule has 1 aliphatic rings. The summed E-state index contributed by atoms with van der Waals surface area (Å²) in [6, 6.07) is 5.30. The average Bonchev–Trinajstić information content (AvgIpc) is 2.30. The van der Waals surface area contributed by atoms with Crippen molar-refractivity contribution >= 4 is 44.3 Å². The van der Waals surface area contributed by atoms with Crippen molar-refractivity contribution in [1.29, 1.82) is 0 Å². The van der Waals surface area contributed by atoms with Gasteiger partial charge in [0, 0.05) is 18.7 Å². The molecule has 0 bridgehead atoms. The molecular weight excluding hydrogens is 292 g/mol. The molecule has 1 fully saturated rings. The number of halogens is 1. The van der Waals surface area contributed by atoms with Crippen LogP contribution in [-0.2, 0) is 9.84 Å². The first-order valence-corrected chi connectivity index (χ1v) is 8.04. The minimum Gasteiger partial charge on any atom is -0.389 e. The van der Waals surface area contributed by atoms with Crippen LogP contribution in [-0.4, -0.2) is 38.0 Å². The lowest BCUT2D eigenvalue weighted by atomic mass is 10.2. The molecule has 0 aromatic heterocycles. The fourth-order valence-electron chi connectivity index (χ4n) is 1.86. The smallest absolute Gasteiger partial charge is 0.153 e. The zero-order chi connectivity index (χ0) is 13.3. The first-order valence-electron chi connectivity index (χ1n) is 5.44. The second-order valence-corrected chi connectivity index (χ2v) is 7.32. The second kappa shape index (κ2) is 5.03. The molecule has 0 radical (unpaired) electrons. The number of sulfone groups is 1. The van der Waals surface area contributed by atoms with Gasteiger partial charge in [0.15, 0.2) is 9.84 Å². The van der Waals surface area contributed by atoms with Crippen molar-refractivity contribution < 1.29 is 8.42 Å². The van der Waals surface area contributed by atoms with Crippen LogP contribution in [0.3, 0.4) is 0 Å². The van der Waals surface area contributed by atoms with E-state index in [-0.39, 0.29) is 11.5 Å². The Bertz CT molecular complexity index is 573. The van der Waals surface area contributed by atoms with Gasteiger partial charge in [0.05, 0.1) is 22.2 Å². The molecule has 0 saturated carbocycles. The maximum Gasteiger partial charge on any atom is 0.153 e. The van der Waals surface area contributed by atoms with Gasteiger partial charge in [0.2, 0.25) is 0 Å². The van der Waals surface area contributed by atoms with Gasteiger partial charge in [-0.1, -0.05) is 29.9 Å². The van der Waals surface area contributed by atoms with E-state index in [0.29, 0.717) is 23.1 Å². The quantitative estimate of drug-likeness (QED) is 0.832. The van der Waals surface area contributed by atoms with E-state index >= 15 is 0 Å². The Labute approximate surface area is 117 Å². The van der Waals surface area contributed by atoms with Crippen molar-refractivity contribution in [2.45, 2.75) is 0 Å². The van der Waals surface area contributed by atoms with E-state index in [4.69, 9.17) is 29.6 Å². The molecule has 98 valence electrons. The Kier molecular flexibility index (Phi) is 3.79. The zero-order valence-corrected chi connectivity index (χ0v) is 12.0. The van der Waals surface area contributed by atoms with Crippen LogP contribution in [0.15, 0.2) is 18.2 Å². The normalized spacial score (nSPS) is 18.6. The molecule has 0 amide bonds. The number of benzene rings is 1.